The molecule has 0 bridgehead atoms. The van der Waals surface area contributed by atoms with E-state index in [9.17, 15) is 9.59 Å². The fourth-order valence-electron chi connectivity index (χ4n) is 1.31. The number of unbranched alkanes of at least 4 members (excludes halogenated alkanes) is 4. The molecule has 0 atom stereocenters. The lowest BCUT2D eigenvalue weighted by molar-refractivity contribution is -0.143. The second kappa shape index (κ2) is 17.7. The highest BCUT2D eigenvalue weighted by molar-refractivity contribution is 5.69. The lowest BCUT2D eigenvalue weighted by Crippen LogP contribution is -2.03. The van der Waals surface area contributed by atoms with Gasteiger partial charge in [0, 0.05) is 13.3 Å². The van der Waals surface area contributed by atoms with Crippen LogP contribution in [0.2, 0.25) is 0 Å². The SMILES string of the molecule is C=CCOC(=O)CCCCC.CCCCCOC(C)=O. The van der Waals surface area contributed by atoms with E-state index < -0.39 is 0 Å². The number of carbonyl (C=O) groups is 2. The van der Waals surface area contributed by atoms with E-state index in [1.807, 2.05) is 0 Å². The average Bonchev–Trinajstić information content (AvgIpc) is 2.42. The predicted octanol–water partition coefficient (Wildman–Crippen LogP) is 4.04. The molecule has 0 radical (unpaired) electrons. The van der Waals surface area contributed by atoms with Crippen molar-refractivity contribution in [1.29, 1.82) is 0 Å². The van der Waals surface area contributed by atoms with Gasteiger partial charge >= 0.3 is 11.9 Å². The summed E-state index contributed by atoms with van der Waals surface area (Å²) in [6, 6.07) is 0. The summed E-state index contributed by atoms with van der Waals surface area (Å²) < 4.78 is 9.49. The Hall–Kier alpha value is -1.32. The van der Waals surface area contributed by atoms with Crippen molar-refractivity contribution in [3.05, 3.63) is 12.7 Å². The van der Waals surface area contributed by atoms with Crippen LogP contribution in [0.5, 0.6) is 0 Å². The van der Waals surface area contributed by atoms with Crippen molar-refractivity contribution in [3.8, 4) is 0 Å². The first-order chi connectivity index (χ1) is 9.58. The summed E-state index contributed by atoms with van der Waals surface area (Å²) in [5.74, 6) is -0.288. The molecular weight excluding hydrogens is 256 g/mol. The first kappa shape index (κ1) is 21.0. The van der Waals surface area contributed by atoms with Gasteiger partial charge in [-0.1, -0.05) is 52.2 Å². The molecule has 118 valence electrons. The molecule has 0 saturated heterocycles. The number of hydrogen-bond acceptors (Lipinski definition) is 4. The van der Waals surface area contributed by atoms with E-state index in [0.29, 0.717) is 19.6 Å². The average molecular weight is 286 g/mol. The Morgan fingerprint density at radius 2 is 1.60 bits per heavy atom. The highest BCUT2D eigenvalue weighted by Gasteiger charge is 1.99. The Kier molecular flexibility index (Phi) is 18.6. The standard InChI is InChI=1S/C9H16O2.C7H14O2/c1-3-5-6-7-9(10)11-8-4-2;1-3-4-5-6-9-7(2)8/h4H,2-3,5-8H2,1H3;3-6H2,1-2H3. The minimum Gasteiger partial charge on any atom is -0.466 e. The first-order valence-electron chi connectivity index (χ1n) is 7.48. The summed E-state index contributed by atoms with van der Waals surface area (Å²) in [5, 5.41) is 0. The Morgan fingerprint density at radius 3 is 2.10 bits per heavy atom. The van der Waals surface area contributed by atoms with Gasteiger partial charge in [-0.15, -0.1) is 0 Å². The Labute approximate surface area is 123 Å². The molecule has 0 heterocycles. The quantitative estimate of drug-likeness (QED) is 0.345. The third-order valence-corrected chi connectivity index (χ3v) is 2.40. The fraction of sp³-hybridized carbons (Fsp3) is 0.750. The second-order valence-electron chi connectivity index (χ2n) is 4.48. The molecule has 20 heavy (non-hydrogen) atoms. The van der Waals surface area contributed by atoms with Crippen LogP contribution in [-0.4, -0.2) is 25.2 Å². The van der Waals surface area contributed by atoms with Crippen molar-refractivity contribution in [2.75, 3.05) is 13.2 Å². The molecule has 0 rings (SSSR count). The van der Waals surface area contributed by atoms with E-state index >= 15 is 0 Å². The molecule has 0 aliphatic carbocycles. The minimum absolute atomic E-state index is 0.113. The van der Waals surface area contributed by atoms with E-state index in [1.165, 1.54) is 13.3 Å². The summed E-state index contributed by atoms with van der Waals surface area (Å²) in [5.41, 5.74) is 0. The van der Waals surface area contributed by atoms with Gasteiger partial charge in [0.1, 0.15) is 6.61 Å². The third kappa shape index (κ3) is 21.9. The van der Waals surface area contributed by atoms with Gasteiger partial charge < -0.3 is 9.47 Å². The molecule has 0 N–H and O–H groups in total. The Morgan fingerprint density at radius 1 is 1.00 bits per heavy atom. The van der Waals surface area contributed by atoms with Gasteiger partial charge in [-0.05, 0) is 12.8 Å². The molecule has 4 heteroatoms. The van der Waals surface area contributed by atoms with Gasteiger partial charge in [0.2, 0.25) is 0 Å². The smallest absolute Gasteiger partial charge is 0.306 e. The predicted molar refractivity (Wildman–Crippen MR) is 81.5 cm³/mol. The molecule has 0 unspecified atom stereocenters. The van der Waals surface area contributed by atoms with Gasteiger partial charge in [-0.2, -0.15) is 0 Å². The Bertz CT molecular complexity index is 249. The van der Waals surface area contributed by atoms with Crippen molar-refractivity contribution in [2.24, 2.45) is 0 Å². The van der Waals surface area contributed by atoms with E-state index in [0.717, 1.165) is 32.1 Å². The number of carbonyl (C=O) groups excluding carboxylic acids is 2. The molecule has 0 aliphatic rings. The zero-order chi connectivity index (χ0) is 15.6. The minimum atomic E-state index is -0.175. The summed E-state index contributed by atoms with van der Waals surface area (Å²) in [4.78, 5) is 21.0. The van der Waals surface area contributed by atoms with Gasteiger partial charge in [0.05, 0.1) is 6.61 Å². The van der Waals surface area contributed by atoms with Crippen LogP contribution in [0.15, 0.2) is 12.7 Å². The van der Waals surface area contributed by atoms with Crippen molar-refractivity contribution < 1.29 is 19.1 Å². The largest absolute Gasteiger partial charge is 0.466 e. The molecule has 0 saturated carbocycles. The lowest BCUT2D eigenvalue weighted by Gasteiger charge is -1.99. The molecule has 0 aliphatic heterocycles. The van der Waals surface area contributed by atoms with Crippen LogP contribution in [0.25, 0.3) is 0 Å². The van der Waals surface area contributed by atoms with Gasteiger partial charge in [-0.25, -0.2) is 0 Å². The topological polar surface area (TPSA) is 52.6 Å². The third-order valence-electron chi connectivity index (χ3n) is 2.40. The maximum atomic E-state index is 10.8. The monoisotopic (exact) mass is 286 g/mol. The van der Waals surface area contributed by atoms with Crippen LogP contribution < -0.4 is 0 Å². The van der Waals surface area contributed by atoms with Crippen LogP contribution in [-0.2, 0) is 19.1 Å². The van der Waals surface area contributed by atoms with Gasteiger partial charge in [0.25, 0.3) is 0 Å². The van der Waals surface area contributed by atoms with E-state index in [1.54, 1.807) is 6.08 Å². The van der Waals surface area contributed by atoms with E-state index in [4.69, 9.17) is 9.47 Å². The van der Waals surface area contributed by atoms with Crippen LogP contribution in [0.4, 0.5) is 0 Å². The highest BCUT2D eigenvalue weighted by Crippen LogP contribution is 2.00. The molecule has 0 aromatic rings. The maximum absolute atomic E-state index is 10.8. The molecule has 0 aromatic carbocycles. The lowest BCUT2D eigenvalue weighted by atomic mass is 10.2. The number of esters is 2. The van der Waals surface area contributed by atoms with Gasteiger partial charge in [-0.3, -0.25) is 9.59 Å². The van der Waals surface area contributed by atoms with Crippen LogP contribution in [0.3, 0.4) is 0 Å². The first-order valence-corrected chi connectivity index (χ1v) is 7.48. The van der Waals surface area contributed by atoms with Crippen LogP contribution in [0, 0.1) is 0 Å². The van der Waals surface area contributed by atoms with Crippen molar-refractivity contribution in [2.45, 2.75) is 65.7 Å². The highest BCUT2D eigenvalue weighted by atomic mass is 16.5. The summed E-state index contributed by atoms with van der Waals surface area (Å²) in [6.07, 6.45) is 8.61. The van der Waals surface area contributed by atoms with Crippen molar-refractivity contribution in [1.82, 2.24) is 0 Å². The number of hydrogen-bond donors (Lipinski definition) is 0. The molecule has 0 fully saturated rings. The van der Waals surface area contributed by atoms with E-state index in [-0.39, 0.29) is 11.9 Å². The van der Waals surface area contributed by atoms with Crippen molar-refractivity contribution >= 4 is 11.9 Å². The maximum Gasteiger partial charge on any atom is 0.306 e. The van der Waals surface area contributed by atoms with Crippen molar-refractivity contribution in [3.63, 3.8) is 0 Å². The molecule has 0 amide bonds. The summed E-state index contributed by atoms with van der Waals surface area (Å²) in [7, 11) is 0. The zero-order valence-corrected chi connectivity index (χ0v) is 13.3. The fourth-order valence-corrected chi connectivity index (χ4v) is 1.31. The van der Waals surface area contributed by atoms with E-state index in [2.05, 4.69) is 20.4 Å². The molecule has 0 aromatic heterocycles. The summed E-state index contributed by atoms with van der Waals surface area (Å²) in [6.45, 7) is 10.0. The summed E-state index contributed by atoms with van der Waals surface area (Å²) >= 11 is 0. The second-order valence-corrected chi connectivity index (χ2v) is 4.48. The molecule has 0 spiro atoms. The Balaban J connectivity index is 0. The van der Waals surface area contributed by atoms with Crippen LogP contribution in [0.1, 0.15) is 65.7 Å². The van der Waals surface area contributed by atoms with Gasteiger partial charge in [0.15, 0.2) is 0 Å². The molecular formula is C16H30O4. The number of ether oxygens (including phenoxy) is 2. The molecule has 4 nitrogen and oxygen atoms in total. The number of rotatable bonds is 10. The zero-order valence-electron chi connectivity index (χ0n) is 13.3. The van der Waals surface area contributed by atoms with Crippen LogP contribution >= 0.6 is 0 Å². The normalized spacial score (nSPS) is 9.15.